The highest BCUT2D eigenvalue weighted by molar-refractivity contribution is 5.94. The summed E-state index contributed by atoms with van der Waals surface area (Å²) in [5.41, 5.74) is 0.355. The summed E-state index contributed by atoms with van der Waals surface area (Å²) < 4.78 is 28.4. The van der Waals surface area contributed by atoms with E-state index in [2.05, 4.69) is 14.7 Å². The van der Waals surface area contributed by atoms with E-state index < -0.39 is 12.6 Å². The molecule has 2 N–H and O–H groups in total. The first kappa shape index (κ1) is 10.3. The van der Waals surface area contributed by atoms with E-state index in [0.29, 0.717) is 5.52 Å². The number of alkyl halides is 2. The number of benzene rings is 1. The molecule has 0 radical (unpaired) electrons. The minimum atomic E-state index is -3.02. The number of nitrogens with one attached hydrogen (secondary N) is 1. The van der Waals surface area contributed by atoms with Crippen LogP contribution in [0, 0.1) is 0 Å². The largest absolute Gasteiger partial charge is 0.478 e. The number of hydrogen-bond acceptors (Lipinski definition) is 3. The third-order valence-corrected chi connectivity index (χ3v) is 1.95. The lowest BCUT2D eigenvalue weighted by Crippen LogP contribution is -2.04. The van der Waals surface area contributed by atoms with Gasteiger partial charge in [-0.25, -0.2) is 9.78 Å². The van der Waals surface area contributed by atoms with E-state index in [0.717, 1.165) is 6.07 Å². The Hall–Kier alpha value is -2.18. The molecule has 0 aliphatic heterocycles. The molecule has 16 heavy (non-hydrogen) atoms. The van der Waals surface area contributed by atoms with Crippen molar-refractivity contribution in [2.75, 3.05) is 0 Å². The number of carboxylic acids is 1. The van der Waals surface area contributed by atoms with Crippen LogP contribution in [0.1, 0.15) is 10.4 Å². The Morgan fingerprint density at radius 1 is 1.50 bits per heavy atom. The Morgan fingerprint density at radius 2 is 2.25 bits per heavy atom. The monoisotopic (exact) mass is 228 g/mol. The summed E-state index contributed by atoms with van der Waals surface area (Å²) >= 11 is 0. The highest BCUT2D eigenvalue weighted by atomic mass is 19.3. The standard InChI is InChI=1S/C9H6F2N2O3/c10-9(11)16-6-2-4(8(14)15)1-5-7(6)13-3-12-5/h1-3,9H,(H,12,13)(H,14,15). The number of fused-ring (bicyclic) bond motifs is 1. The molecule has 5 nitrogen and oxygen atoms in total. The number of aromatic carboxylic acids is 1. The Bertz CT molecular complexity index is 539. The van der Waals surface area contributed by atoms with Crippen LogP contribution in [0.25, 0.3) is 11.0 Å². The van der Waals surface area contributed by atoms with Gasteiger partial charge in [0, 0.05) is 0 Å². The van der Waals surface area contributed by atoms with Crippen molar-refractivity contribution in [2.24, 2.45) is 0 Å². The molecule has 0 saturated carbocycles. The van der Waals surface area contributed by atoms with Crippen molar-refractivity contribution in [1.29, 1.82) is 0 Å². The number of carboxylic acid groups (broad SMARTS) is 1. The van der Waals surface area contributed by atoms with Crippen LogP contribution in [0.2, 0.25) is 0 Å². The van der Waals surface area contributed by atoms with E-state index in [-0.39, 0.29) is 16.8 Å². The van der Waals surface area contributed by atoms with Gasteiger partial charge in [0.15, 0.2) is 5.75 Å². The van der Waals surface area contributed by atoms with Crippen LogP contribution in [0.15, 0.2) is 18.5 Å². The molecule has 1 aromatic heterocycles. The molecule has 0 spiro atoms. The summed E-state index contributed by atoms with van der Waals surface area (Å²) in [5, 5.41) is 8.76. The van der Waals surface area contributed by atoms with Crippen LogP contribution < -0.4 is 4.74 Å². The second kappa shape index (κ2) is 3.76. The summed E-state index contributed by atoms with van der Waals surface area (Å²) in [5.74, 6) is -1.48. The molecule has 0 atom stereocenters. The minimum absolute atomic E-state index is 0.146. The average molecular weight is 228 g/mol. The van der Waals surface area contributed by atoms with Crippen molar-refractivity contribution in [2.45, 2.75) is 6.61 Å². The van der Waals surface area contributed by atoms with Gasteiger partial charge in [0.25, 0.3) is 0 Å². The molecule has 0 fully saturated rings. The van der Waals surface area contributed by atoms with Gasteiger partial charge in [-0.05, 0) is 12.1 Å². The molecule has 84 valence electrons. The Balaban J connectivity index is 2.59. The molecular formula is C9H6F2N2O3. The number of aromatic amines is 1. The van der Waals surface area contributed by atoms with E-state index in [4.69, 9.17) is 5.11 Å². The molecule has 2 rings (SSSR count). The number of halogens is 2. The van der Waals surface area contributed by atoms with Gasteiger partial charge < -0.3 is 14.8 Å². The maximum absolute atomic E-state index is 12.1. The SMILES string of the molecule is O=C(O)c1cc(OC(F)F)c2nc[nH]c2c1. The Kier molecular flexibility index (Phi) is 2.43. The minimum Gasteiger partial charge on any atom is -0.478 e. The quantitative estimate of drug-likeness (QED) is 0.840. The van der Waals surface area contributed by atoms with Crippen molar-refractivity contribution < 1.29 is 23.4 Å². The molecule has 2 aromatic rings. The average Bonchev–Trinajstić information content (AvgIpc) is 2.64. The smallest absolute Gasteiger partial charge is 0.387 e. The normalized spacial score (nSPS) is 10.9. The highest BCUT2D eigenvalue weighted by Crippen LogP contribution is 2.26. The van der Waals surface area contributed by atoms with Crippen LogP contribution in [-0.4, -0.2) is 27.7 Å². The number of H-pyrrole nitrogens is 1. The van der Waals surface area contributed by atoms with E-state index >= 15 is 0 Å². The lowest BCUT2D eigenvalue weighted by atomic mass is 10.2. The number of aromatic nitrogens is 2. The maximum Gasteiger partial charge on any atom is 0.387 e. The lowest BCUT2D eigenvalue weighted by molar-refractivity contribution is -0.0489. The lowest BCUT2D eigenvalue weighted by Gasteiger charge is -2.05. The van der Waals surface area contributed by atoms with Gasteiger partial charge in [0.1, 0.15) is 5.52 Å². The fraction of sp³-hybridized carbons (Fsp3) is 0.111. The van der Waals surface area contributed by atoms with Gasteiger partial charge in [-0.2, -0.15) is 8.78 Å². The van der Waals surface area contributed by atoms with Gasteiger partial charge in [-0.3, -0.25) is 0 Å². The summed E-state index contributed by atoms with van der Waals surface area (Å²) in [6, 6.07) is 2.31. The topological polar surface area (TPSA) is 75.2 Å². The van der Waals surface area contributed by atoms with Gasteiger partial charge >= 0.3 is 12.6 Å². The number of carbonyl (C=O) groups is 1. The summed E-state index contributed by atoms with van der Waals surface area (Å²) in [4.78, 5) is 17.1. The van der Waals surface area contributed by atoms with Crippen molar-refractivity contribution in [3.63, 3.8) is 0 Å². The molecule has 0 unspecified atom stereocenters. The second-order valence-corrected chi connectivity index (χ2v) is 2.96. The van der Waals surface area contributed by atoms with Crippen LogP contribution >= 0.6 is 0 Å². The number of imidazole rings is 1. The van der Waals surface area contributed by atoms with Gasteiger partial charge in [-0.1, -0.05) is 0 Å². The van der Waals surface area contributed by atoms with Crippen molar-refractivity contribution in [1.82, 2.24) is 9.97 Å². The second-order valence-electron chi connectivity index (χ2n) is 2.96. The van der Waals surface area contributed by atoms with Gasteiger partial charge in [-0.15, -0.1) is 0 Å². The van der Waals surface area contributed by atoms with Gasteiger partial charge in [0.2, 0.25) is 0 Å². The van der Waals surface area contributed by atoms with E-state index in [1.54, 1.807) is 0 Å². The number of ether oxygens (including phenoxy) is 1. The summed E-state index contributed by atoms with van der Waals surface area (Å²) in [6.45, 7) is -3.02. The molecular weight excluding hydrogens is 222 g/mol. The van der Waals surface area contributed by atoms with E-state index in [1.165, 1.54) is 12.4 Å². The first-order valence-corrected chi connectivity index (χ1v) is 4.23. The third-order valence-electron chi connectivity index (χ3n) is 1.95. The molecule has 0 aliphatic rings. The van der Waals surface area contributed by atoms with Crippen molar-refractivity contribution in [3.05, 3.63) is 24.0 Å². The Labute approximate surface area is 87.7 Å². The molecule has 0 bridgehead atoms. The number of hydrogen-bond donors (Lipinski definition) is 2. The van der Waals surface area contributed by atoms with Crippen molar-refractivity contribution >= 4 is 17.0 Å². The predicted molar refractivity (Wildman–Crippen MR) is 49.7 cm³/mol. The fourth-order valence-corrected chi connectivity index (χ4v) is 1.33. The summed E-state index contributed by atoms with van der Waals surface area (Å²) in [6.07, 6.45) is 1.27. The fourth-order valence-electron chi connectivity index (χ4n) is 1.33. The zero-order valence-electron chi connectivity index (χ0n) is 7.78. The molecule has 0 amide bonds. The maximum atomic E-state index is 12.1. The van der Waals surface area contributed by atoms with Crippen LogP contribution in [0.4, 0.5) is 8.78 Å². The van der Waals surface area contributed by atoms with E-state index in [9.17, 15) is 13.6 Å². The van der Waals surface area contributed by atoms with Crippen LogP contribution in [-0.2, 0) is 0 Å². The molecule has 7 heteroatoms. The highest BCUT2D eigenvalue weighted by Gasteiger charge is 2.14. The first-order chi connectivity index (χ1) is 7.58. The first-order valence-electron chi connectivity index (χ1n) is 4.23. The predicted octanol–water partition coefficient (Wildman–Crippen LogP) is 1.86. The van der Waals surface area contributed by atoms with Gasteiger partial charge in [0.05, 0.1) is 17.4 Å². The van der Waals surface area contributed by atoms with Crippen LogP contribution in [0.5, 0.6) is 5.75 Å². The molecule has 1 aromatic carbocycles. The van der Waals surface area contributed by atoms with E-state index in [1.807, 2.05) is 0 Å². The number of nitrogens with zero attached hydrogens (tertiary/aromatic N) is 1. The van der Waals surface area contributed by atoms with Crippen molar-refractivity contribution in [3.8, 4) is 5.75 Å². The molecule has 1 heterocycles. The molecule has 0 saturated heterocycles. The Morgan fingerprint density at radius 3 is 2.88 bits per heavy atom. The summed E-state index contributed by atoms with van der Waals surface area (Å²) in [7, 11) is 0. The zero-order chi connectivity index (χ0) is 11.7. The molecule has 0 aliphatic carbocycles. The third kappa shape index (κ3) is 1.79. The van der Waals surface area contributed by atoms with Crippen LogP contribution in [0.3, 0.4) is 0 Å². The number of rotatable bonds is 3. The zero-order valence-corrected chi connectivity index (χ0v) is 7.78.